The van der Waals surface area contributed by atoms with Gasteiger partial charge in [0.2, 0.25) is 5.91 Å². The molecule has 7 nitrogen and oxygen atoms in total. The fraction of sp³-hybridized carbons (Fsp3) is 0.286. The van der Waals surface area contributed by atoms with E-state index in [1.807, 2.05) is 6.08 Å². The van der Waals surface area contributed by atoms with Crippen LogP contribution in [0, 0.1) is 5.92 Å². The van der Waals surface area contributed by atoms with Crippen molar-refractivity contribution in [2.45, 2.75) is 24.2 Å². The van der Waals surface area contributed by atoms with Crippen LogP contribution in [0.15, 0.2) is 59.5 Å². The summed E-state index contributed by atoms with van der Waals surface area (Å²) in [5, 5.41) is 2.77. The van der Waals surface area contributed by atoms with Crippen molar-refractivity contribution in [3.05, 3.63) is 54.6 Å². The second kappa shape index (κ2) is 9.00. The Morgan fingerprint density at radius 1 is 1.07 bits per heavy atom. The number of sulfonamides is 1. The summed E-state index contributed by atoms with van der Waals surface area (Å²) in [5.74, 6) is 0.876. The molecule has 0 aliphatic heterocycles. The number of amides is 1. The molecule has 29 heavy (non-hydrogen) atoms. The molecule has 0 spiro atoms. The normalized spacial score (nSPS) is 15.7. The predicted molar refractivity (Wildman–Crippen MR) is 112 cm³/mol. The third-order valence-electron chi connectivity index (χ3n) is 4.64. The van der Waals surface area contributed by atoms with Crippen molar-refractivity contribution in [3.63, 3.8) is 0 Å². The molecule has 0 radical (unpaired) electrons. The number of benzene rings is 2. The molecule has 8 heteroatoms. The monoisotopic (exact) mass is 416 g/mol. The van der Waals surface area contributed by atoms with Gasteiger partial charge in [-0.2, -0.15) is 0 Å². The van der Waals surface area contributed by atoms with Crippen molar-refractivity contribution >= 4 is 27.3 Å². The van der Waals surface area contributed by atoms with Crippen LogP contribution >= 0.6 is 0 Å². The number of methoxy groups -OCH3 is 2. The largest absolute Gasteiger partial charge is 0.497 e. The summed E-state index contributed by atoms with van der Waals surface area (Å²) in [7, 11) is -1.00. The quantitative estimate of drug-likeness (QED) is 0.639. The standard InChI is InChI=1S/C21H24N2O5S/c1-27-18-10-7-16(8-11-18)23-29(25,26)20-14-17(9-12-19(20)28-2)22-21(24)13-15-5-3-4-6-15/h3,5,7-12,14-15,23H,4,6,13H2,1-2H3,(H,22,24)/t15-/m1/s1. The van der Waals surface area contributed by atoms with Crippen molar-refractivity contribution in [2.75, 3.05) is 24.3 Å². The van der Waals surface area contributed by atoms with E-state index in [9.17, 15) is 13.2 Å². The molecule has 0 unspecified atom stereocenters. The number of nitrogens with one attached hydrogen (secondary N) is 2. The SMILES string of the molecule is COc1ccc(NS(=O)(=O)c2cc(NC(=O)C[C@@H]3C=CCC3)ccc2OC)cc1. The van der Waals surface area contributed by atoms with Gasteiger partial charge in [-0.1, -0.05) is 12.2 Å². The predicted octanol–water partition coefficient (Wildman–Crippen LogP) is 3.80. The van der Waals surface area contributed by atoms with Crippen LogP contribution in [-0.2, 0) is 14.8 Å². The molecule has 1 aliphatic carbocycles. The van der Waals surface area contributed by atoms with Crippen molar-refractivity contribution in [3.8, 4) is 11.5 Å². The van der Waals surface area contributed by atoms with E-state index in [2.05, 4.69) is 16.1 Å². The van der Waals surface area contributed by atoms with Crippen molar-refractivity contribution in [2.24, 2.45) is 5.92 Å². The first-order valence-corrected chi connectivity index (χ1v) is 10.7. The minimum atomic E-state index is -3.93. The average molecular weight is 416 g/mol. The molecular formula is C21H24N2O5S. The Kier molecular flexibility index (Phi) is 6.43. The zero-order valence-electron chi connectivity index (χ0n) is 16.3. The van der Waals surface area contributed by atoms with Gasteiger partial charge in [0, 0.05) is 17.8 Å². The Balaban J connectivity index is 1.79. The Morgan fingerprint density at radius 3 is 2.41 bits per heavy atom. The minimum absolute atomic E-state index is 0.0608. The highest BCUT2D eigenvalue weighted by atomic mass is 32.2. The zero-order chi connectivity index (χ0) is 20.9. The van der Waals surface area contributed by atoms with Crippen LogP contribution in [0.1, 0.15) is 19.3 Å². The summed E-state index contributed by atoms with van der Waals surface area (Å²) in [6, 6.07) is 11.0. The lowest BCUT2D eigenvalue weighted by Gasteiger charge is -2.14. The Labute approximate surface area is 170 Å². The van der Waals surface area contributed by atoms with E-state index in [-0.39, 0.29) is 22.5 Å². The third-order valence-corrected chi connectivity index (χ3v) is 6.04. The lowest BCUT2D eigenvalue weighted by molar-refractivity contribution is -0.116. The van der Waals surface area contributed by atoms with E-state index in [0.717, 1.165) is 12.8 Å². The van der Waals surface area contributed by atoms with Gasteiger partial charge in [-0.3, -0.25) is 9.52 Å². The molecule has 2 N–H and O–H groups in total. The smallest absolute Gasteiger partial charge is 0.265 e. The third kappa shape index (κ3) is 5.29. The van der Waals surface area contributed by atoms with Crippen LogP contribution < -0.4 is 19.5 Å². The van der Waals surface area contributed by atoms with Gasteiger partial charge in [-0.15, -0.1) is 0 Å². The highest BCUT2D eigenvalue weighted by Gasteiger charge is 2.21. The number of carbonyl (C=O) groups excluding carboxylic acids is 1. The molecule has 1 amide bonds. The van der Waals surface area contributed by atoms with E-state index < -0.39 is 10.0 Å². The first-order chi connectivity index (χ1) is 13.9. The summed E-state index contributed by atoms with van der Waals surface area (Å²) in [4.78, 5) is 12.2. The number of carbonyl (C=O) groups is 1. The summed E-state index contributed by atoms with van der Waals surface area (Å²) < 4.78 is 38.6. The number of allylic oxidation sites excluding steroid dienone is 2. The summed E-state index contributed by atoms with van der Waals surface area (Å²) in [6.07, 6.45) is 6.43. The van der Waals surface area contributed by atoms with E-state index >= 15 is 0 Å². The van der Waals surface area contributed by atoms with E-state index in [1.165, 1.54) is 26.4 Å². The molecule has 0 aromatic heterocycles. The van der Waals surface area contributed by atoms with E-state index in [1.54, 1.807) is 30.3 Å². The average Bonchev–Trinajstić information content (AvgIpc) is 3.21. The van der Waals surface area contributed by atoms with Crippen molar-refractivity contribution in [1.29, 1.82) is 0 Å². The van der Waals surface area contributed by atoms with Gasteiger partial charge in [-0.05, 0) is 61.2 Å². The summed E-state index contributed by atoms with van der Waals surface area (Å²) in [5.41, 5.74) is 0.781. The molecule has 0 saturated heterocycles. The lowest BCUT2D eigenvalue weighted by atomic mass is 10.1. The molecule has 2 aromatic rings. The van der Waals surface area contributed by atoms with Crippen LogP contribution in [-0.4, -0.2) is 28.5 Å². The van der Waals surface area contributed by atoms with Crippen LogP contribution in [0.2, 0.25) is 0 Å². The molecule has 0 bridgehead atoms. The molecule has 3 rings (SSSR count). The second-order valence-electron chi connectivity index (χ2n) is 6.72. The Bertz CT molecular complexity index is 1000. The molecule has 0 saturated carbocycles. The maximum Gasteiger partial charge on any atom is 0.265 e. The topological polar surface area (TPSA) is 93.7 Å². The van der Waals surface area contributed by atoms with E-state index in [0.29, 0.717) is 23.5 Å². The lowest BCUT2D eigenvalue weighted by Crippen LogP contribution is -2.17. The van der Waals surface area contributed by atoms with Crippen LogP contribution in [0.5, 0.6) is 11.5 Å². The first-order valence-electron chi connectivity index (χ1n) is 9.22. The Morgan fingerprint density at radius 2 is 1.79 bits per heavy atom. The maximum absolute atomic E-state index is 12.9. The maximum atomic E-state index is 12.9. The van der Waals surface area contributed by atoms with Gasteiger partial charge in [0.25, 0.3) is 10.0 Å². The summed E-state index contributed by atoms with van der Waals surface area (Å²) >= 11 is 0. The highest BCUT2D eigenvalue weighted by Crippen LogP contribution is 2.30. The van der Waals surface area contributed by atoms with Crippen LogP contribution in [0.25, 0.3) is 0 Å². The van der Waals surface area contributed by atoms with E-state index in [4.69, 9.17) is 9.47 Å². The number of hydrogen-bond acceptors (Lipinski definition) is 5. The van der Waals surface area contributed by atoms with Crippen molar-refractivity contribution < 1.29 is 22.7 Å². The molecule has 1 atom stereocenters. The minimum Gasteiger partial charge on any atom is -0.497 e. The first kappa shape index (κ1) is 20.7. The van der Waals surface area contributed by atoms with Gasteiger partial charge in [0.1, 0.15) is 16.4 Å². The fourth-order valence-corrected chi connectivity index (χ4v) is 4.40. The van der Waals surface area contributed by atoms with Gasteiger partial charge in [0.05, 0.1) is 14.2 Å². The second-order valence-corrected chi connectivity index (χ2v) is 8.37. The van der Waals surface area contributed by atoms with Gasteiger partial charge >= 0.3 is 0 Å². The number of ether oxygens (including phenoxy) is 2. The molecule has 0 fully saturated rings. The number of hydrogen-bond donors (Lipinski definition) is 2. The van der Waals surface area contributed by atoms with Crippen LogP contribution in [0.4, 0.5) is 11.4 Å². The van der Waals surface area contributed by atoms with Crippen LogP contribution in [0.3, 0.4) is 0 Å². The fourth-order valence-electron chi connectivity index (χ4n) is 3.15. The molecule has 1 aliphatic rings. The molecule has 0 heterocycles. The van der Waals surface area contributed by atoms with Gasteiger partial charge < -0.3 is 14.8 Å². The zero-order valence-corrected chi connectivity index (χ0v) is 17.2. The molecular weight excluding hydrogens is 392 g/mol. The van der Waals surface area contributed by atoms with Gasteiger partial charge in [0.15, 0.2) is 0 Å². The highest BCUT2D eigenvalue weighted by molar-refractivity contribution is 7.92. The number of rotatable bonds is 8. The van der Waals surface area contributed by atoms with Gasteiger partial charge in [-0.25, -0.2) is 8.42 Å². The Hall–Kier alpha value is -3.00. The summed E-state index contributed by atoms with van der Waals surface area (Å²) in [6.45, 7) is 0. The molecule has 2 aromatic carbocycles. The number of anilines is 2. The molecule has 154 valence electrons. The van der Waals surface area contributed by atoms with Crippen molar-refractivity contribution in [1.82, 2.24) is 0 Å².